The Morgan fingerprint density at radius 3 is 2.38 bits per heavy atom. The highest BCUT2D eigenvalue weighted by Gasteiger charge is 2.38. The van der Waals surface area contributed by atoms with Crippen molar-refractivity contribution in [2.24, 2.45) is 0 Å². The van der Waals surface area contributed by atoms with Gasteiger partial charge in [-0.05, 0) is 73.4 Å². The second kappa shape index (κ2) is 8.01. The van der Waals surface area contributed by atoms with Crippen LogP contribution in [0.15, 0.2) is 54.7 Å². The highest BCUT2D eigenvalue weighted by atomic mass is 19.1. The van der Waals surface area contributed by atoms with Gasteiger partial charge in [0, 0.05) is 11.8 Å². The van der Waals surface area contributed by atoms with Gasteiger partial charge in [0.05, 0.1) is 5.69 Å². The largest absolute Gasteiger partial charge is 0.482 e. The summed E-state index contributed by atoms with van der Waals surface area (Å²) in [7, 11) is 0. The van der Waals surface area contributed by atoms with Crippen LogP contribution in [0.4, 0.5) is 4.39 Å². The fourth-order valence-electron chi connectivity index (χ4n) is 3.58. The van der Waals surface area contributed by atoms with Crippen molar-refractivity contribution in [2.45, 2.75) is 26.4 Å². The zero-order valence-corrected chi connectivity index (χ0v) is 16.4. The number of halogens is 1. The number of carboxylic acids is 1. The molecule has 0 bridgehead atoms. The predicted molar refractivity (Wildman–Crippen MR) is 107 cm³/mol. The van der Waals surface area contributed by atoms with Crippen molar-refractivity contribution in [3.63, 3.8) is 0 Å². The number of rotatable bonds is 6. The minimum absolute atomic E-state index is 0.399. The molecule has 2 aromatic carbocycles. The Labute approximate surface area is 168 Å². The first-order valence-electron chi connectivity index (χ1n) is 9.11. The topological polar surface area (TPSA) is 79.7 Å². The van der Waals surface area contributed by atoms with Gasteiger partial charge in [0.25, 0.3) is 0 Å². The van der Waals surface area contributed by atoms with E-state index in [1.807, 2.05) is 13.8 Å². The van der Waals surface area contributed by atoms with Crippen LogP contribution in [-0.4, -0.2) is 27.8 Å². The lowest BCUT2D eigenvalue weighted by Gasteiger charge is -2.33. The zero-order chi connectivity index (χ0) is 21.2. The number of aryl methyl sites for hydroxylation is 1. The van der Waals surface area contributed by atoms with Gasteiger partial charge in [-0.2, -0.15) is 0 Å². The van der Waals surface area contributed by atoms with Crippen LogP contribution in [0.5, 0.6) is 5.75 Å². The molecule has 1 atom stereocenters. The highest BCUT2D eigenvalue weighted by molar-refractivity contribution is 5.68. The number of carboxylic acid groups (broad SMARTS) is 1. The van der Waals surface area contributed by atoms with Gasteiger partial charge in [0.2, 0.25) is 0 Å². The van der Waals surface area contributed by atoms with Crippen LogP contribution < -0.4 is 4.74 Å². The normalized spacial score (nSPS) is 13.0. The third-order valence-electron chi connectivity index (χ3n) is 5.06. The third-order valence-corrected chi connectivity index (χ3v) is 5.06. The van der Waals surface area contributed by atoms with Crippen molar-refractivity contribution in [1.29, 1.82) is 0 Å². The summed E-state index contributed by atoms with van der Waals surface area (Å²) in [5.41, 5.74) is 2.00. The molecule has 0 saturated heterocycles. The summed E-state index contributed by atoms with van der Waals surface area (Å²) in [5, 5.41) is 20.9. The Morgan fingerprint density at radius 2 is 1.79 bits per heavy atom. The molecule has 3 rings (SSSR count). The number of hydrogen-bond donors (Lipinski definition) is 2. The van der Waals surface area contributed by atoms with E-state index in [1.54, 1.807) is 37.4 Å². The molecule has 6 heteroatoms. The molecule has 0 aliphatic rings. The molecule has 0 amide bonds. The number of pyridine rings is 1. The van der Waals surface area contributed by atoms with Crippen LogP contribution in [0.25, 0.3) is 0 Å². The van der Waals surface area contributed by atoms with Gasteiger partial charge in [0.1, 0.15) is 11.6 Å². The number of carbonyl (C=O) groups is 1. The molecule has 5 nitrogen and oxygen atoms in total. The maximum Gasteiger partial charge on any atom is 0.341 e. The molecule has 0 radical (unpaired) electrons. The SMILES string of the molecule is Cc1cc(OCC(=O)O)c(C)c(C)c1C(O)(c1ccc(F)cc1)c1ccccn1. The Bertz CT molecular complexity index is 1030. The third kappa shape index (κ3) is 3.84. The van der Waals surface area contributed by atoms with Crippen molar-refractivity contribution in [3.8, 4) is 5.75 Å². The smallest absolute Gasteiger partial charge is 0.341 e. The highest BCUT2D eigenvalue weighted by Crippen LogP contribution is 2.42. The average Bonchev–Trinajstić information content (AvgIpc) is 2.70. The number of benzene rings is 2. The quantitative estimate of drug-likeness (QED) is 0.662. The zero-order valence-electron chi connectivity index (χ0n) is 16.4. The minimum Gasteiger partial charge on any atom is -0.482 e. The summed E-state index contributed by atoms with van der Waals surface area (Å²) >= 11 is 0. The van der Waals surface area contributed by atoms with Gasteiger partial charge in [-0.3, -0.25) is 4.98 Å². The number of ether oxygens (including phenoxy) is 1. The lowest BCUT2D eigenvalue weighted by molar-refractivity contribution is -0.139. The van der Waals surface area contributed by atoms with Crippen molar-refractivity contribution in [3.05, 3.63) is 94.1 Å². The maximum atomic E-state index is 13.5. The molecule has 1 unspecified atom stereocenters. The summed E-state index contributed by atoms with van der Waals surface area (Å²) in [6.45, 7) is 5.00. The van der Waals surface area contributed by atoms with Crippen LogP contribution >= 0.6 is 0 Å². The molecule has 3 aromatic rings. The van der Waals surface area contributed by atoms with E-state index in [1.165, 1.54) is 24.3 Å². The fraction of sp³-hybridized carbons (Fsp3) is 0.217. The molecule has 1 aromatic heterocycles. The molecule has 0 saturated carbocycles. The van der Waals surface area contributed by atoms with Gasteiger partial charge in [-0.1, -0.05) is 18.2 Å². The lowest BCUT2D eigenvalue weighted by Crippen LogP contribution is -2.32. The summed E-state index contributed by atoms with van der Waals surface area (Å²) in [4.78, 5) is 15.2. The molecule has 0 aliphatic heterocycles. The second-order valence-corrected chi connectivity index (χ2v) is 6.93. The monoisotopic (exact) mass is 395 g/mol. The number of aliphatic carboxylic acids is 1. The van der Waals surface area contributed by atoms with Crippen molar-refractivity contribution in [1.82, 2.24) is 4.98 Å². The molecule has 1 heterocycles. The number of nitrogens with zero attached hydrogens (tertiary/aromatic N) is 1. The van der Waals surface area contributed by atoms with Crippen molar-refractivity contribution in [2.75, 3.05) is 6.61 Å². The van der Waals surface area contributed by atoms with E-state index < -0.39 is 24.0 Å². The molecule has 0 fully saturated rings. The van der Waals surface area contributed by atoms with E-state index in [4.69, 9.17) is 9.84 Å². The Morgan fingerprint density at radius 1 is 1.10 bits per heavy atom. The Kier molecular flexibility index (Phi) is 5.66. The van der Waals surface area contributed by atoms with Crippen LogP contribution in [0, 0.1) is 26.6 Å². The van der Waals surface area contributed by atoms with E-state index in [9.17, 15) is 14.3 Å². The first kappa shape index (κ1) is 20.5. The molecule has 29 heavy (non-hydrogen) atoms. The van der Waals surface area contributed by atoms with E-state index in [-0.39, 0.29) is 0 Å². The number of hydrogen-bond acceptors (Lipinski definition) is 4. The fourth-order valence-corrected chi connectivity index (χ4v) is 3.58. The molecular weight excluding hydrogens is 373 g/mol. The van der Waals surface area contributed by atoms with Crippen LogP contribution in [0.2, 0.25) is 0 Å². The number of aromatic nitrogens is 1. The van der Waals surface area contributed by atoms with Crippen LogP contribution in [-0.2, 0) is 10.4 Å². The van der Waals surface area contributed by atoms with E-state index in [0.29, 0.717) is 33.7 Å². The van der Waals surface area contributed by atoms with E-state index in [0.717, 1.165) is 5.56 Å². The summed E-state index contributed by atoms with van der Waals surface area (Å²) < 4.78 is 19.0. The molecular formula is C23H22FNO4. The summed E-state index contributed by atoms with van der Waals surface area (Å²) in [6, 6.07) is 12.6. The Hall–Kier alpha value is -3.25. The molecule has 150 valence electrons. The van der Waals surface area contributed by atoms with Gasteiger partial charge < -0.3 is 14.9 Å². The predicted octanol–water partition coefficient (Wildman–Crippen LogP) is 3.89. The first-order chi connectivity index (χ1) is 13.7. The lowest BCUT2D eigenvalue weighted by atomic mass is 9.77. The van der Waals surface area contributed by atoms with Crippen LogP contribution in [0.3, 0.4) is 0 Å². The molecule has 0 aliphatic carbocycles. The van der Waals surface area contributed by atoms with E-state index >= 15 is 0 Å². The second-order valence-electron chi connectivity index (χ2n) is 6.93. The average molecular weight is 395 g/mol. The van der Waals surface area contributed by atoms with Gasteiger partial charge in [0.15, 0.2) is 12.2 Å². The van der Waals surface area contributed by atoms with Crippen LogP contribution in [0.1, 0.15) is 33.5 Å². The standard InChI is InChI=1S/C23H22FNO4/c1-14-12-19(29-13-21(26)27)15(2)16(3)22(14)23(28,20-6-4-5-11-25-20)17-7-9-18(24)10-8-17/h4-12,28H,13H2,1-3H3,(H,26,27). The van der Waals surface area contributed by atoms with Gasteiger partial charge in [-0.15, -0.1) is 0 Å². The summed E-state index contributed by atoms with van der Waals surface area (Å²) in [6.07, 6.45) is 1.59. The van der Waals surface area contributed by atoms with Gasteiger partial charge in [-0.25, -0.2) is 9.18 Å². The van der Waals surface area contributed by atoms with Crippen molar-refractivity contribution >= 4 is 5.97 Å². The maximum absolute atomic E-state index is 13.5. The summed E-state index contributed by atoms with van der Waals surface area (Å²) in [5.74, 6) is -1.03. The minimum atomic E-state index is -1.63. The number of aliphatic hydroxyl groups is 1. The van der Waals surface area contributed by atoms with Gasteiger partial charge >= 0.3 is 5.97 Å². The first-order valence-corrected chi connectivity index (χ1v) is 9.11. The Balaban J connectivity index is 2.25. The molecule has 2 N–H and O–H groups in total. The van der Waals surface area contributed by atoms with E-state index in [2.05, 4.69) is 4.98 Å². The molecule has 0 spiro atoms. The van der Waals surface area contributed by atoms with Crippen molar-refractivity contribution < 1.29 is 24.1 Å².